The van der Waals surface area contributed by atoms with Gasteiger partial charge < -0.3 is 14.8 Å². The molecule has 5 rings (SSSR count). The zero-order valence-electron chi connectivity index (χ0n) is 24.9. The number of alkyl halides is 3. The van der Waals surface area contributed by atoms with E-state index in [0.29, 0.717) is 0 Å². The Morgan fingerprint density at radius 2 is 1.62 bits per heavy atom. The number of anilines is 1. The minimum absolute atomic E-state index is 0.815. The Kier molecular flexibility index (Phi) is 8.69. The molecule has 3 aromatic rings. The molecule has 0 fully saturated rings. The molecule has 0 N–H and O–H groups in total. The lowest BCUT2D eigenvalue weighted by molar-refractivity contribution is -0.344. The molecular weight excluding hydrogens is 553 g/mol. The van der Waals surface area contributed by atoms with Gasteiger partial charge >= 0.3 is 6.18 Å². The van der Waals surface area contributed by atoms with Gasteiger partial charge in [0.25, 0.3) is 0 Å². The summed E-state index contributed by atoms with van der Waals surface area (Å²) in [6, 6.07) is 18.9. The summed E-state index contributed by atoms with van der Waals surface area (Å²) in [5, 5.41) is 14.8. The molecule has 0 spiro atoms. The minimum Gasteiger partial charge on any atom is -0.542 e. The van der Waals surface area contributed by atoms with Crippen LogP contribution in [-0.4, -0.2) is 46.9 Å². The number of hydrogen-bond donors (Lipinski definition) is 0. The van der Waals surface area contributed by atoms with Crippen LogP contribution in [0.5, 0.6) is 0 Å². The van der Waals surface area contributed by atoms with Crippen LogP contribution in [0.4, 0.5) is 18.9 Å². The summed E-state index contributed by atoms with van der Waals surface area (Å²) >= 11 is 0. The Balaban J connectivity index is 0.000000517. The molecular formula is C34H37F3N2O2Si. The first-order chi connectivity index (χ1) is 19.7. The monoisotopic (exact) mass is 590 g/mol. The van der Waals surface area contributed by atoms with E-state index in [1.807, 2.05) is 12.2 Å². The highest BCUT2D eigenvalue weighted by molar-refractivity contribution is 7.01. The highest BCUT2D eigenvalue weighted by Gasteiger charge is 2.37. The predicted octanol–water partition coefficient (Wildman–Crippen LogP) is 2.84. The number of fused-ring (bicyclic) bond motifs is 3. The molecule has 0 radical (unpaired) electrons. The molecule has 3 aromatic carbocycles. The van der Waals surface area contributed by atoms with Gasteiger partial charge in [0.05, 0.1) is 0 Å². The Morgan fingerprint density at radius 3 is 2.17 bits per heavy atom. The van der Waals surface area contributed by atoms with Gasteiger partial charge in [-0.2, -0.15) is 13.2 Å². The summed E-state index contributed by atoms with van der Waals surface area (Å²) in [4.78, 5) is 11.1. The zero-order valence-corrected chi connectivity index (χ0v) is 25.9. The van der Waals surface area contributed by atoms with Crippen LogP contribution in [0.15, 0.2) is 73.8 Å². The van der Waals surface area contributed by atoms with Crippen LogP contribution in [0.2, 0.25) is 13.1 Å². The molecule has 0 unspecified atom stereocenters. The third-order valence-electron chi connectivity index (χ3n) is 8.26. The van der Waals surface area contributed by atoms with Crippen molar-refractivity contribution in [3.8, 4) is 0 Å². The van der Waals surface area contributed by atoms with Gasteiger partial charge in [-0.15, -0.1) is 13.2 Å². The molecule has 0 bridgehead atoms. The maximum absolute atomic E-state index is 10.5. The quantitative estimate of drug-likeness (QED) is 0.252. The van der Waals surface area contributed by atoms with Crippen molar-refractivity contribution in [2.45, 2.75) is 39.5 Å². The van der Waals surface area contributed by atoms with Crippen LogP contribution in [0.1, 0.15) is 27.8 Å². The van der Waals surface area contributed by atoms with Crippen LogP contribution in [0, 0.1) is 13.8 Å². The molecule has 220 valence electrons. The number of benzene rings is 3. The molecule has 2 aliphatic rings. The molecule has 0 amide bonds. The van der Waals surface area contributed by atoms with E-state index in [4.69, 9.17) is 9.90 Å². The first kappa shape index (κ1) is 31.0. The summed E-state index contributed by atoms with van der Waals surface area (Å²) in [5.41, 5.74) is 9.67. The minimum atomic E-state index is -5.19. The van der Waals surface area contributed by atoms with Crippen LogP contribution in [-0.2, 0) is 11.2 Å². The van der Waals surface area contributed by atoms with Gasteiger partial charge in [-0.3, -0.25) is 0 Å². The summed E-state index contributed by atoms with van der Waals surface area (Å²) < 4.78 is 34.0. The van der Waals surface area contributed by atoms with E-state index in [-0.39, 0.29) is 0 Å². The number of carbonyl (C=O) groups is 1. The van der Waals surface area contributed by atoms with E-state index in [2.05, 4.69) is 105 Å². The van der Waals surface area contributed by atoms with Crippen molar-refractivity contribution in [2.24, 2.45) is 0 Å². The standard InChI is InChI=1S/C32H37N2Si.C2HF3O2/c1-8-16-34(17-9-2)25-13-14-26-29(20-25)35(6,7)30-21-28-24(15-18-33(28)5)19-27(30)32(26)31-22(3)11-10-12-23(31)4;3-2(4,5)1(6)7/h8-14,19-21H,1-2,15-18H2,3-7H3;(H,6,7)/q+1;/p-1. The predicted molar refractivity (Wildman–Crippen MR) is 166 cm³/mol. The van der Waals surface area contributed by atoms with E-state index in [1.165, 1.54) is 54.8 Å². The number of carboxylic acids is 1. The summed E-state index contributed by atoms with van der Waals surface area (Å²) in [5.74, 6) is -3.01. The van der Waals surface area contributed by atoms with Gasteiger partial charge in [0.15, 0.2) is 0 Å². The molecule has 0 saturated heterocycles. The molecule has 2 heterocycles. The van der Waals surface area contributed by atoms with Crippen LogP contribution in [0.3, 0.4) is 0 Å². The fourth-order valence-corrected chi connectivity index (χ4v) is 9.20. The summed E-state index contributed by atoms with van der Waals surface area (Å²) in [6.45, 7) is 20.3. The van der Waals surface area contributed by atoms with Gasteiger partial charge in [-0.25, -0.2) is 4.58 Å². The number of hydrogen-bond acceptors (Lipinski definition) is 3. The maximum Gasteiger partial charge on any atom is 0.430 e. The van der Waals surface area contributed by atoms with Crippen molar-refractivity contribution in [3.63, 3.8) is 0 Å². The average molecular weight is 591 g/mol. The zero-order chi connectivity index (χ0) is 31.0. The number of rotatable bonds is 6. The van der Waals surface area contributed by atoms with Crippen molar-refractivity contribution >= 4 is 35.7 Å². The van der Waals surface area contributed by atoms with Gasteiger partial charge in [0.1, 0.15) is 27.6 Å². The maximum atomic E-state index is 10.5. The van der Waals surface area contributed by atoms with Crippen LogP contribution >= 0.6 is 0 Å². The number of aliphatic carboxylic acids is 1. The van der Waals surface area contributed by atoms with Crippen LogP contribution < -0.4 is 35.5 Å². The van der Waals surface area contributed by atoms with Crippen molar-refractivity contribution in [1.82, 2.24) is 4.58 Å². The van der Waals surface area contributed by atoms with Gasteiger partial charge in [-0.05, 0) is 75.5 Å². The van der Waals surface area contributed by atoms with Crippen molar-refractivity contribution in [3.05, 3.63) is 112 Å². The number of halogens is 3. The highest BCUT2D eigenvalue weighted by Crippen LogP contribution is 2.31. The Labute approximate surface area is 246 Å². The lowest BCUT2D eigenvalue weighted by atomic mass is 9.88. The third kappa shape index (κ3) is 5.73. The number of nitrogens with zero attached hydrogens (tertiary/aromatic N) is 2. The fourth-order valence-electron chi connectivity index (χ4n) is 6.15. The molecule has 2 aliphatic heterocycles. The van der Waals surface area contributed by atoms with E-state index < -0.39 is 20.2 Å². The van der Waals surface area contributed by atoms with Crippen molar-refractivity contribution in [2.75, 3.05) is 31.6 Å². The van der Waals surface area contributed by atoms with Gasteiger partial charge in [0.2, 0.25) is 5.36 Å². The van der Waals surface area contributed by atoms with Crippen molar-refractivity contribution in [1.29, 1.82) is 0 Å². The van der Waals surface area contributed by atoms with E-state index in [0.717, 1.165) is 26.1 Å². The Hall–Kier alpha value is -3.91. The lowest BCUT2D eigenvalue weighted by Crippen LogP contribution is -2.64. The van der Waals surface area contributed by atoms with Gasteiger partial charge in [0, 0.05) is 36.8 Å². The second-order valence-electron chi connectivity index (χ2n) is 11.5. The first-order valence-corrected chi connectivity index (χ1v) is 16.9. The average Bonchev–Trinajstić information content (AvgIpc) is 3.28. The Morgan fingerprint density at radius 1 is 1.02 bits per heavy atom. The van der Waals surface area contributed by atoms with Gasteiger partial charge in [-0.1, -0.05) is 49.5 Å². The lowest BCUT2D eigenvalue weighted by Gasteiger charge is -2.35. The summed E-state index contributed by atoms with van der Waals surface area (Å²) in [6.07, 6.45) is -0.104. The summed E-state index contributed by atoms with van der Waals surface area (Å²) in [7, 11) is 0.274. The smallest absolute Gasteiger partial charge is 0.430 e. The first-order valence-electron chi connectivity index (χ1n) is 13.9. The van der Waals surface area contributed by atoms with E-state index in [9.17, 15) is 13.2 Å². The highest BCUT2D eigenvalue weighted by atomic mass is 28.3. The van der Waals surface area contributed by atoms with E-state index in [1.54, 1.807) is 5.19 Å². The second-order valence-corrected chi connectivity index (χ2v) is 15.8. The SMILES string of the molecule is C=CCN(CC=C)c1ccc2c(c1)[Si](C)(C)c1cc3c(cc1=C2c1c(C)cccc1C)CC[N+]=3C.O=C([O-])C(F)(F)F. The Bertz CT molecular complexity index is 1680. The number of likely N-dealkylation sites (N-methyl/N-ethyl adjacent to an activating group) is 1. The molecule has 8 heteroatoms. The molecule has 0 atom stereocenters. The molecule has 0 aromatic heterocycles. The normalized spacial score (nSPS) is 14.7. The second kappa shape index (κ2) is 11.8. The largest absolute Gasteiger partial charge is 0.542 e. The topological polar surface area (TPSA) is 46.4 Å². The van der Waals surface area contributed by atoms with Crippen molar-refractivity contribution < 1.29 is 23.1 Å². The molecule has 0 aliphatic carbocycles. The van der Waals surface area contributed by atoms with Crippen LogP contribution in [0.25, 0.3) is 5.57 Å². The third-order valence-corrected chi connectivity index (χ3v) is 11.8. The molecule has 42 heavy (non-hydrogen) atoms. The molecule has 0 saturated carbocycles. The number of carboxylic acid groups (broad SMARTS) is 1. The number of carbonyl (C=O) groups excluding carboxylic acids is 1. The fraction of sp³-hybridized carbons (Fsp3) is 0.294. The number of aryl methyl sites for hydroxylation is 2. The van der Waals surface area contributed by atoms with E-state index >= 15 is 0 Å². The molecule has 4 nitrogen and oxygen atoms in total.